The van der Waals surface area contributed by atoms with Crippen LogP contribution < -0.4 is 10.6 Å². The number of carbonyl (C=O) groups excluding carboxylic acids is 1. The molecule has 0 saturated heterocycles. The second kappa shape index (κ2) is 5.70. The Bertz CT molecular complexity index is 589. The summed E-state index contributed by atoms with van der Waals surface area (Å²) in [4.78, 5) is 17.7. The van der Waals surface area contributed by atoms with Gasteiger partial charge in [0.05, 0.1) is 16.7 Å². The number of aromatic nitrogens is 1. The van der Waals surface area contributed by atoms with Gasteiger partial charge in [0, 0.05) is 31.3 Å². The molecule has 6 heteroatoms. The van der Waals surface area contributed by atoms with Crippen LogP contribution in [0.15, 0.2) is 12.3 Å². The highest BCUT2D eigenvalue weighted by Gasteiger charge is 2.60. The van der Waals surface area contributed by atoms with E-state index in [0.717, 1.165) is 13.0 Å². The average molecular weight is 324 g/mol. The Hall–Kier alpha value is -1.33. The van der Waals surface area contributed by atoms with Crippen LogP contribution in [0.2, 0.25) is 5.02 Å². The van der Waals surface area contributed by atoms with Crippen LogP contribution in [0.5, 0.6) is 0 Å². The van der Waals surface area contributed by atoms with Crippen molar-refractivity contribution in [3.05, 3.63) is 22.8 Å². The van der Waals surface area contributed by atoms with Crippen molar-refractivity contribution in [2.24, 2.45) is 11.1 Å². The van der Waals surface area contributed by atoms with E-state index >= 15 is 0 Å². The van der Waals surface area contributed by atoms with Crippen molar-refractivity contribution in [2.45, 2.75) is 44.8 Å². The van der Waals surface area contributed by atoms with Crippen LogP contribution in [0.4, 0.5) is 5.82 Å². The first-order chi connectivity index (χ1) is 10.5. The number of nitrogens with zero attached hydrogens (tertiary/aromatic N) is 2. The summed E-state index contributed by atoms with van der Waals surface area (Å²) in [7, 11) is 2.02. The first kappa shape index (κ1) is 15.6. The molecular formula is C16H22ClN3O2. The molecule has 2 aliphatic rings. The molecule has 5 nitrogen and oxygen atoms in total. The van der Waals surface area contributed by atoms with Gasteiger partial charge in [0.15, 0.2) is 0 Å². The number of rotatable bonds is 5. The summed E-state index contributed by atoms with van der Waals surface area (Å²) in [5.41, 5.74) is 5.85. The minimum absolute atomic E-state index is 0.248. The largest absolute Gasteiger partial charge is 0.378 e. The Kier molecular flexibility index (Phi) is 4.03. The minimum Gasteiger partial charge on any atom is -0.378 e. The SMILES string of the molecule is CCO[C@H]1C[C@@H](N(C)c2ncc(C(N)=O)cc2Cl)C12CCC2. The fraction of sp³-hybridized carbons (Fsp3) is 0.625. The maximum atomic E-state index is 11.2. The van der Waals surface area contributed by atoms with Gasteiger partial charge in [-0.2, -0.15) is 0 Å². The number of ether oxygens (including phenoxy) is 1. The maximum Gasteiger partial charge on any atom is 0.250 e. The lowest BCUT2D eigenvalue weighted by atomic mass is 9.50. The predicted molar refractivity (Wildman–Crippen MR) is 86.3 cm³/mol. The molecule has 3 rings (SSSR count). The third kappa shape index (κ3) is 2.27. The van der Waals surface area contributed by atoms with E-state index in [2.05, 4.69) is 9.88 Å². The van der Waals surface area contributed by atoms with E-state index in [1.807, 2.05) is 14.0 Å². The van der Waals surface area contributed by atoms with Crippen molar-refractivity contribution in [1.82, 2.24) is 4.98 Å². The van der Waals surface area contributed by atoms with Crippen LogP contribution in [-0.2, 0) is 4.74 Å². The third-order valence-corrected chi connectivity index (χ3v) is 5.58. The monoisotopic (exact) mass is 323 g/mol. The van der Waals surface area contributed by atoms with Gasteiger partial charge in [-0.25, -0.2) is 4.98 Å². The van der Waals surface area contributed by atoms with Crippen molar-refractivity contribution >= 4 is 23.3 Å². The summed E-state index contributed by atoms with van der Waals surface area (Å²) in [6, 6.07) is 1.98. The van der Waals surface area contributed by atoms with Crippen molar-refractivity contribution < 1.29 is 9.53 Å². The molecule has 2 atom stereocenters. The summed E-state index contributed by atoms with van der Waals surface area (Å²) in [6.07, 6.45) is 6.50. The molecule has 2 aliphatic carbocycles. The molecule has 1 aromatic heterocycles. The van der Waals surface area contributed by atoms with Crippen molar-refractivity contribution in [1.29, 1.82) is 0 Å². The van der Waals surface area contributed by atoms with E-state index < -0.39 is 5.91 Å². The second-order valence-corrected chi connectivity index (χ2v) is 6.69. The average Bonchev–Trinajstić information content (AvgIpc) is 2.40. The molecular weight excluding hydrogens is 302 g/mol. The molecule has 120 valence electrons. The summed E-state index contributed by atoms with van der Waals surface area (Å²) in [5.74, 6) is 0.192. The molecule has 0 aromatic carbocycles. The van der Waals surface area contributed by atoms with E-state index in [1.54, 1.807) is 6.07 Å². The van der Waals surface area contributed by atoms with E-state index in [4.69, 9.17) is 22.1 Å². The van der Waals surface area contributed by atoms with Crippen LogP contribution in [0.25, 0.3) is 0 Å². The number of halogens is 1. The van der Waals surface area contributed by atoms with Gasteiger partial charge in [0.2, 0.25) is 5.91 Å². The molecule has 0 radical (unpaired) electrons. The Balaban J connectivity index is 1.80. The highest BCUT2D eigenvalue weighted by atomic mass is 35.5. The zero-order valence-electron chi connectivity index (χ0n) is 13.0. The first-order valence-corrected chi connectivity index (χ1v) is 8.17. The second-order valence-electron chi connectivity index (χ2n) is 6.29. The summed E-state index contributed by atoms with van der Waals surface area (Å²) in [5, 5.41) is 0.466. The summed E-state index contributed by atoms with van der Waals surface area (Å²) >= 11 is 6.30. The molecule has 2 fully saturated rings. The molecule has 1 spiro atoms. The molecule has 2 N–H and O–H groups in total. The molecule has 0 bridgehead atoms. The van der Waals surface area contributed by atoms with Gasteiger partial charge in [-0.15, -0.1) is 0 Å². The minimum atomic E-state index is -0.515. The van der Waals surface area contributed by atoms with Crippen LogP contribution in [0.1, 0.15) is 43.0 Å². The van der Waals surface area contributed by atoms with Crippen molar-refractivity contribution in [3.8, 4) is 0 Å². The lowest BCUT2D eigenvalue weighted by Crippen LogP contribution is -2.67. The third-order valence-electron chi connectivity index (χ3n) is 5.30. The van der Waals surface area contributed by atoms with Gasteiger partial charge < -0.3 is 15.4 Å². The maximum absolute atomic E-state index is 11.2. The first-order valence-electron chi connectivity index (χ1n) is 7.79. The highest BCUT2D eigenvalue weighted by Crippen LogP contribution is 2.59. The number of hydrogen-bond acceptors (Lipinski definition) is 4. The fourth-order valence-corrected chi connectivity index (χ4v) is 4.22. The normalized spacial score (nSPS) is 25.4. The van der Waals surface area contributed by atoms with Gasteiger partial charge in [-0.1, -0.05) is 18.0 Å². The molecule has 1 aromatic rings. The number of pyridine rings is 1. The highest BCUT2D eigenvalue weighted by molar-refractivity contribution is 6.33. The van der Waals surface area contributed by atoms with Gasteiger partial charge in [0.25, 0.3) is 0 Å². The summed E-state index contributed by atoms with van der Waals surface area (Å²) in [6.45, 7) is 2.81. The van der Waals surface area contributed by atoms with Crippen LogP contribution in [0, 0.1) is 5.41 Å². The standard InChI is InChI=1S/C16H22ClN3O2/c1-3-22-13-8-12(16(13)5-4-6-16)20(2)15-11(17)7-10(9-19-15)14(18)21/h7,9,12-13H,3-6,8H2,1-2H3,(H2,18,21)/t12-,13+/m1/s1. The molecule has 1 amide bonds. The number of carbonyl (C=O) groups is 1. The Morgan fingerprint density at radius 1 is 1.59 bits per heavy atom. The molecule has 1 heterocycles. The lowest BCUT2D eigenvalue weighted by molar-refractivity contribution is -0.164. The van der Waals surface area contributed by atoms with Crippen molar-refractivity contribution in [3.63, 3.8) is 0 Å². The number of nitrogens with two attached hydrogens (primary N) is 1. The Morgan fingerprint density at radius 2 is 2.32 bits per heavy atom. The van der Waals surface area contributed by atoms with Gasteiger partial charge in [-0.3, -0.25) is 4.79 Å². The smallest absolute Gasteiger partial charge is 0.250 e. The van der Waals surface area contributed by atoms with Crippen LogP contribution in [-0.4, -0.2) is 36.7 Å². The fourth-order valence-electron chi connectivity index (χ4n) is 3.92. The zero-order chi connectivity index (χ0) is 15.9. The van der Waals surface area contributed by atoms with E-state index in [9.17, 15) is 4.79 Å². The lowest BCUT2D eigenvalue weighted by Gasteiger charge is -2.63. The number of anilines is 1. The Morgan fingerprint density at radius 3 is 2.82 bits per heavy atom. The van der Waals surface area contributed by atoms with E-state index in [0.29, 0.717) is 28.5 Å². The molecule has 22 heavy (non-hydrogen) atoms. The zero-order valence-corrected chi connectivity index (χ0v) is 13.8. The van der Waals surface area contributed by atoms with Gasteiger partial charge >= 0.3 is 0 Å². The van der Waals surface area contributed by atoms with Gasteiger partial charge in [0.1, 0.15) is 5.82 Å². The van der Waals surface area contributed by atoms with Crippen LogP contribution >= 0.6 is 11.6 Å². The molecule has 2 saturated carbocycles. The number of amides is 1. The molecule has 0 aliphatic heterocycles. The quantitative estimate of drug-likeness (QED) is 0.904. The number of hydrogen-bond donors (Lipinski definition) is 1. The van der Waals surface area contributed by atoms with E-state index in [-0.39, 0.29) is 5.41 Å². The Labute approximate surface area is 135 Å². The predicted octanol–water partition coefficient (Wildman–Crippen LogP) is 2.62. The van der Waals surface area contributed by atoms with Gasteiger partial charge in [-0.05, 0) is 32.3 Å². The van der Waals surface area contributed by atoms with E-state index in [1.165, 1.54) is 25.5 Å². The van der Waals surface area contributed by atoms with Crippen molar-refractivity contribution in [2.75, 3.05) is 18.6 Å². The molecule has 0 unspecified atom stereocenters. The topological polar surface area (TPSA) is 68.4 Å². The number of primary amides is 1. The summed E-state index contributed by atoms with van der Waals surface area (Å²) < 4.78 is 5.89. The van der Waals surface area contributed by atoms with Crippen LogP contribution in [0.3, 0.4) is 0 Å².